The van der Waals surface area contributed by atoms with Crippen molar-refractivity contribution in [3.63, 3.8) is 0 Å². The number of thiazole rings is 1. The van der Waals surface area contributed by atoms with E-state index in [-0.39, 0.29) is 21.6 Å². The molecule has 2 aromatic heterocycles. The first-order valence-corrected chi connectivity index (χ1v) is 15.3. The van der Waals surface area contributed by atoms with E-state index in [2.05, 4.69) is 25.3 Å². The molecular weight excluding hydrogens is 574 g/mol. The average molecular weight is 610 g/mol. The third-order valence-electron chi connectivity index (χ3n) is 7.10. The topological polar surface area (TPSA) is 120 Å². The molecule has 226 valence electrons. The van der Waals surface area contributed by atoms with Gasteiger partial charge in [0.25, 0.3) is 11.5 Å². The summed E-state index contributed by atoms with van der Waals surface area (Å²) < 4.78 is 0.551. The van der Waals surface area contributed by atoms with Crippen LogP contribution < -0.4 is 25.9 Å². The molecule has 0 aliphatic rings. The lowest BCUT2D eigenvalue weighted by molar-refractivity contribution is -0.117. The number of carbonyl (C=O) groups excluding carboxylic acids is 2. The quantitative estimate of drug-likeness (QED) is 0.266. The summed E-state index contributed by atoms with van der Waals surface area (Å²) in [5, 5.41) is 22.3. The van der Waals surface area contributed by atoms with Crippen molar-refractivity contribution < 1.29 is 14.7 Å². The number of pyridine rings is 1. The van der Waals surface area contributed by atoms with Crippen molar-refractivity contribution in [2.45, 2.75) is 46.5 Å². The van der Waals surface area contributed by atoms with Gasteiger partial charge in [0.2, 0.25) is 11.8 Å². The number of imide groups is 1. The molecule has 0 spiro atoms. The maximum Gasteiger partial charge on any atom is 0.280 e. The summed E-state index contributed by atoms with van der Waals surface area (Å²) in [6, 6.07) is 19.4. The van der Waals surface area contributed by atoms with Crippen LogP contribution in [0.4, 0.5) is 5.13 Å². The van der Waals surface area contributed by atoms with Crippen molar-refractivity contribution in [2.75, 3.05) is 23.0 Å². The Morgan fingerprint density at radius 3 is 2.18 bits per heavy atom. The number of benzene rings is 2. The SMILES string of the molecule is C=c1c(C#N)c(O)n(N(C(C)=O)C(=O)c2ccccc2)c(=O)/c1=C\c1sc(N(CCCC)CCCC)nc1-c1ccccc1. The molecule has 0 unspecified atom stereocenters. The molecule has 0 aliphatic carbocycles. The van der Waals surface area contributed by atoms with Crippen LogP contribution in [0.2, 0.25) is 0 Å². The van der Waals surface area contributed by atoms with Gasteiger partial charge >= 0.3 is 0 Å². The molecule has 2 heterocycles. The van der Waals surface area contributed by atoms with Gasteiger partial charge in [-0.3, -0.25) is 14.4 Å². The lowest BCUT2D eigenvalue weighted by Gasteiger charge is -2.22. The third-order valence-corrected chi connectivity index (χ3v) is 8.16. The van der Waals surface area contributed by atoms with Gasteiger partial charge < -0.3 is 10.0 Å². The van der Waals surface area contributed by atoms with Crippen molar-refractivity contribution in [1.82, 2.24) is 9.66 Å². The van der Waals surface area contributed by atoms with Gasteiger partial charge in [-0.2, -0.15) is 14.9 Å². The van der Waals surface area contributed by atoms with Crippen LogP contribution in [0.3, 0.4) is 0 Å². The van der Waals surface area contributed by atoms with Crippen LogP contribution in [-0.4, -0.2) is 39.7 Å². The molecule has 1 N–H and O–H groups in total. The molecular formula is C34H35N5O4S. The van der Waals surface area contributed by atoms with Crippen LogP contribution in [0.5, 0.6) is 5.88 Å². The molecule has 0 saturated heterocycles. The smallest absolute Gasteiger partial charge is 0.280 e. The fourth-order valence-electron chi connectivity index (χ4n) is 4.73. The number of hydrogen-bond donors (Lipinski definition) is 1. The molecule has 4 aromatic rings. The first-order valence-electron chi connectivity index (χ1n) is 14.5. The van der Waals surface area contributed by atoms with E-state index in [0.29, 0.717) is 20.3 Å². The highest BCUT2D eigenvalue weighted by Gasteiger charge is 2.28. The number of unbranched alkanes of at least 4 members (excludes halogenated alkanes) is 2. The number of nitriles is 1. The summed E-state index contributed by atoms with van der Waals surface area (Å²) in [6.07, 6.45) is 5.63. The van der Waals surface area contributed by atoms with E-state index in [1.54, 1.807) is 24.3 Å². The van der Waals surface area contributed by atoms with Gasteiger partial charge in [-0.1, -0.05) is 93.1 Å². The van der Waals surface area contributed by atoms with Crippen molar-refractivity contribution in [1.29, 1.82) is 5.26 Å². The van der Waals surface area contributed by atoms with E-state index in [1.165, 1.54) is 23.5 Å². The van der Waals surface area contributed by atoms with Crippen molar-refractivity contribution >= 4 is 40.9 Å². The molecule has 2 aromatic carbocycles. The zero-order valence-corrected chi connectivity index (χ0v) is 25.9. The van der Waals surface area contributed by atoms with E-state index in [1.807, 2.05) is 36.4 Å². The normalized spacial score (nSPS) is 11.3. The lowest BCUT2D eigenvalue weighted by atomic mass is 10.1. The Labute approximate surface area is 260 Å². The molecule has 0 atom stereocenters. The van der Waals surface area contributed by atoms with Crippen LogP contribution in [0.25, 0.3) is 23.9 Å². The summed E-state index contributed by atoms with van der Waals surface area (Å²) in [5.74, 6) is -2.51. The number of amides is 2. The zero-order chi connectivity index (χ0) is 31.8. The number of hydrogen-bond acceptors (Lipinski definition) is 8. The molecule has 10 heteroatoms. The number of carbonyl (C=O) groups is 2. The monoisotopic (exact) mass is 609 g/mol. The van der Waals surface area contributed by atoms with Crippen LogP contribution in [-0.2, 0) is 4.79 Å². The summed E-state index contributed by atoms with van der Waals surface area (Å²) in [6.45, 7) is 11.0. The zero-order valence-electron chi connectivity index (χ0n) is 25.1. The Balaban J connectivity index is 2.01. The number of aromatic nitrogens is 2. The fourth-order valence-corrected chi connectivity index (χ4v) is 5.81. The lowest BCUT2D eigenvalue weighted by Crippen LogP contribution is -2.56. The number of aromatic hydroxyl groups is 1. The summed E-state index contributed by atoms with van der Waals surface area (Å²) in [7, 11) is 0. The minimum atomic E-state index is -0.881. The second-order valence-corrected chi connectivity index (χ2v) is 11.2. The van der Waals surface area contributed by atoms with Crippen molar-refractivity contribution in [2.24, 2.45) is 0 Å². The molecule has 0 aliphatic heterocycles. The highest BCUT2D eigenvalue weighted by molar-refractivity contribution is 7.16. The molecule has 0 saturated carbocycles. The Kier molecular flexibility index (Phi) is 10.5. The molecule has 9 nitrogen and oxygen atoms in total. The Morgan fingerprint density at radius 2 is 1.64 bits per heavy atom. The third kappa shape index (κ3) is 6.63. The number of rotatable bonds is 11. The van der Waals surface area contributed by atoms with Gasteiger partial charge in [0.1, 0.15) is 11.6 Å². The minimum Gasteiger partial charge on any atom is -0.492 e. The summed E-state index contributed by atoms with van der Waals surface area (Å²) in [4.78, 5) is 48.2. The Morgan fingerprint density at radius 1 is 1.05 bits per heavy atom. The predicted octanol–water partition coefficient (Wildman–Crippen LogP) is 4.52. The van der Waals surface area contributed by atoms with E-state index in [4.69, 9.17) is 4.98 Å². The highest BCUT2D eigenvalue weighted by atomic mass is 32.1. The summed E-state index contributed by atoms with van der Waals surface area (Å²) >= 11 is 1.41. The largest absolute Gasteiger partial charge is 0.492 e. The first kappa shape index (κ1) is 31.9. The number of anilines is 1. The van der Waals surface area contributed by atoms with E-state index < -0.39 is 23.3 Å². The molecule has 44 heavy (non-hydrogen) atoms. The maximum atomic E-state index is 14.1. The van der Waals surface area contributed by atoms with E-state index >= 15 is 0 Å². The second-order valence-electron chi connectivity index (χ2n) is 10.2. The van der Waals surface area contributed by atoms with Crippen LogP contribution in [0.15, 0.2) is 65.5 Å². The molecule has 0 bridgehead atoms. The van der Waals surface area contributed by atoms with Gasteiger partial charge in [-0.15, -0.1) is 0 Å². The first-order chi connectivity index (χ1) is 21.2. The molecule has 0 radical (unpaired) electrons. The van der Waals surface area contributed by atoms with Gasteiger partial charge in [-0.05, 0) is 31.1 Å². The Bertz CT molecular complexity index is 1850. The number of nitrogens with zero attached hydrogens (tertiary/aromatic N) is 5. The van der Waals surface area contributed by atoms with Crippen LogP contribution in [0.1, 0.15) is 67.3 Å². The maximum absolute atomic E-state index is 14.1. The van der Waals surface area contributed by atoms with Crippen LogP contribution >= 0.6 is 11.3 Å². The predicted molar refractivity (Wildman–Crippen MR) is 175 cm³/mol. The van der Waals surface area contributed by atoms with Crippen molar-refractivity contribution in [3.8, 4) is 23.2 Å². The van der Waals surface area contributed by atoms with Crippen molar-refractivity contribution in [3.05, 3.63) is 97.5 Å². The molecule has 2 amide bonds. The van der Waals surface area contributed by atoms with Gasteiger partial charge in [0.05, 0.1) is 15.8 Å². The second kappa shape index (κ2) is 14.4. The van der Waals surface area contributed by atoms with Gasteiger partial charge in [0.15, 0.2) is 5.13 Å². The van der Waals surface area contributed by atoms with E-state index in [0.717, 1.165) is 56.4 Å². The molecule has 4 rings (SSSR count). The fraction of sp³-hybridized carbons (Fsp3) is 0.265. The minimum absolute atomic E-state index is 0.0234. The van der Waals surface area contributed by atoms with Gasteiger partial charge in [0, 0.05) is 36.4 Å². The Hall–Kier alpha value is -5.01. The van der Waals surface area contributed by atoms with Crippen LogP contribution in [0, 0.1) is 11.3 Å². The highest BCUT2D eigenvalue weighted by Crippen LogP contribution is 2.34. The van der Waals surface area contributed by atoms with Gasteiger partial charge in [-0.25, -0.2) is 4.98 Å². The summed E-state index contributed by atoms with van der Waals surface area (Å²) in [5.41, 5.74) is 0.385. The standard InChI is InChI=1S/C34H35N5O4S/c1-5-7-19-37(20-8-6-2)34-36-30(25-15-11-9-12-16-25)29(44-34)21-27-23(3)28(22-35)33(43)39(32(27)42)38(24(4)40)31(41)26-17-13-10-14-18-26/h9-18,21,43H,3,5-8,19-20H2,1-2,4H3/b27-21-. The average Bonchev–Trinajstić information content (AvgIpc) is 3.45. The van der Waals surface area contributed by atoms with E-state index in [9.17, 15) is 24.8 Å². The molecule has 0 fully saturated rings.